The summed E-state index contributed by atoms with van der Waals surface area (Å²) in [5.74, 6) is 1.83. The van der Waals surface area contributed by atoms with Gasteiger partial charge in [-0.1, -0.05) is 6.07 Å². The third-order valence-corrected chi connectivity index (χ3v) is 4.87. The lowest BCUT2D eigenvalue weighted by Gasteiger charge is -2.25. The summed E-state index contributed by atoms with van der Waals surface area (Å²) in [6.07, 6.45) is 5.52. The van der Waals surface area contributed by atoms with Gasteiger partial charge in [0.25, 0.3) is 0 Å². The van der Waals surface area contributed by atoms with Crippen LogP contribution < -0.4 is 15.5 Å². The largest absolute Gasteiger partial charge is 0.371 e. The Kier molecular flexibility index (Phi) is 3.14. The van der Waals surface area contributed by atoms with E-state index in [9.17, 15) is 4.79 Å². The molecule has 4 heteroatoms. The van der Waals surface area contributed by atoms with Crippen molar-refractivity contribution in [3.63, 3.8) is 0 Å². The third kappa shape index (κ3) is 2.64. The van der Waals surface area contributed by atoms with Crippen molar-refractivity contribution in [2.75, 3.05) is 30.4 Å². The number of fused-ring (bicyclic) bond motifs is 1. The number of benzene rings is 1. The molecule has 1 aromatic rings. The van der Waals surface area contributed by atoms with Crippen molar-refractivity contribution >= 4 is 17.3 Å². The molecule has 0 bridgehead atoms. The van der Waals surface area contributed by atoms with Gasteiger partial charge in [0.15, 0.2) is 0 Å². The highest BCUT2D eigenvalue weighted by Gasteiger charge is 2.32. The van der Waals surface area contributed by atoms with E-state index >= 15 is 0 Å². The smallest absolute Gasteiger partial charge is 0.246 e. The van der Waals surface area contributed by atoms with Crippen LogP contribution in [0.15, 0.2) is 18.2 Å². The van der Waals surface area contributed by atoms with Crippen LogP contribution in [-0.2, 0) is 4.79 Å². The molecule has 0 spiro atoms. The van der Waals surface area contributed by atoms with Gasteiger partial charge in [0.05, 0.1) is 0 Å². The van der Waals surface area contributed by atoms with E-state index in [-0.39, 0.29) is 11.9 Å². The molecule has 112 valence electrons. The molecule has 1 aliphatic heterocycles. The van der Waals surface area contributed by atoms with Gasteiger partial charge in [0.2, 0.25) is 5.91 Å². The van der Waals surface area contributed by atoms with Gasteiger partial charge in [0, 0.05) is 30.0 Å². The van der Waals surface area contributed by atoms with E-state index in [2.05, 4.69) is 33.7 Å². The first kappa shape index (κ1) is 13.1. The molecule has 0 saturated heterocycles. The highest BCUT2D eigenvalue weighted by molar-refractivity contribution is 6.03. The molecule has 1 amide bonds. The number of anilines is 2. The molecule has 21 heavy (non-hydrogen) atoms. The molecule has 4 nitrogen and oxygen atoms in total. The molecule has 4 rings (SSSR count). The Morgan fingerprint density at radius 1 is 1.19 bits per heavy atom. The maximum Gasteiger partial charge on any atom is 0.246 e. The second-order valence-corrected chi connectivity index (χ2v) is 6.77. The van der Waals surface area contributed by atoms with E-state index in [0.717, 1.165) is 23.1 Å². The minimum atomic E-state index is -0.200. The molecule has 1 unspecified atom stereocenters. The molecule has 0 aromatic heterocycles. The summed E-state index contributed by atoms with van der Waals surface area (Å²) in [4.78, 5) is 14.5. The summed E-state index contributed by atoms with van der Waals surface area (Å²) >= 11 is 0. The van der Waals surface area contributed by atoms with E-state index in [1.54, 1.807) is 0 Å². The average Bonchev–Trinajstić information content (AvgIpc) is 3.37. The first-order chi connectivity index (χ1) is 10.2. The summed E-state index contributed by atoms with van der Waals surface area (Å²) in [5.41, 5.74) is 3.32. The van der Waals surface area contributed by atoms with Crippen LogP contribution in [0.2, 0.25) is 0 Å². The monoisotopic (exact) mass is 285 g/mol. The van der Waals surface area contributed by atoms with Crippen LogP contribution in [0, 0.1) is 11.8 Å². The van der Waals surface area contributed by atoms with Gasteiger partial charge >= 0.3 is 0 Å². The zero-order chi connectivity index (χ0) is 14.4. The Balaban J connectivity index is 1.58. The van der Waals surface area contributed by atoms with Crippen LogP contribution >= 0.6 is 0 Å². The summed E-state index contributed by atoms with van der Waals surface area (Å²) in [5, 5.41) is 6.08. The Labute approximate surface area is 125 Å². The molecule has 2 N–H and O–H groups in total. The fraction of sp³-hybridized carbons (Fsp3) is 0.588. The number of rotatable bonds is 6. The van der Waals surface area contributed by atoms with E-state index in [1.165, 1.54) is 44.5 Å². The number of hydrogen-bond acceptors (Lipinski definition) is 3. The molecule has 1 atom stereocenters. The van der Waals surface area contributed by atoms with Crippen molar-refractivity contribution in [1.29, 1.82) is 0 Å². The van der Waals surface area contributed by atoms with Gasteiger partial charge in [-0.25, -0.2) is 0 Å². The van der Waals surface area contributed by atoms with E-state index in [4.69, 9.17) is 0 Å². The lowest BCUT2D eigenvalue weighted by molar-refractivity contribution is -0.117. The van der Waals surface area contributed by atoms with Crippen LogP contribution in [0.25, 0.3) is 0 Å². The van der Waals surface area contributed by atoms with Crippen molar-refractivity contribution in [2.45, 2.75) is 31.7 Å². The Morgan fingerprint density at radius 2 is 1.86 bits per heavy atom. The Bertz CT molecular complexity index is 549. The maximum atomic E-state index is 11.9. The van der Waals surface area contributed by atoms with Crippen molar-refractivity contribution in [2.24, 2.45) is 11.8 Å². The minimum absolute atomic E-state index is 0.0561. The predicted molar refractivity (Wildman–Crippen MR) is 84.5 cm³/mol. The summed E-state index contributed by atoms with van der Waals surface area (Å²) in [6, 6.07) is 6.26. The predicted octanol–water partition coefficient (Wildman–Crippen LogP) is 2.53. The van der Waals surface area contributed by atoms with Crippen LogP contribution in [0.1, 0.15) is 37.3 Å². The fourth-order valence-electron chi connectivity index (χ4n) is 3.24. The minimum Gasteiger partial charge on any atom is -0.371 e. The molecule has 3 aliphatic rings. The number of likely N-dealkylation sites (N-methyl/N-ethyl adjacent to an activating group) is 1. The number of nitrogens with one attached hydrogen (secondary N) is 2. The number of amides is 1. The van der Waals surface area contributed by atoms with Gasteiger partial charge < -0.3 is 15.5 Å². The zero-order valence-electron chi connectivity index (χ0n) is 12.6. The Hall–Kier alpha value is -1.55. The van der Waals surface area contributed by atoms with Gasteiger partial charge in [-0.3, -0.25) is 4.79 Å². The summed E-state index contributed by atoms with van der Waals surface area (Å²) in [7, 11) is 1.83. The lowest BCUT2D eigenvalue weighted by Crippen LogP contribution is -2.28. The molecule has 2 saturated carbocycles. The van der Waals surface area contributed by atoms with Crippen molar-refractivity contribution < 1.29 is 4.79 Å². The average molecular weight is 285 g/mol. The van der Waals surface area contributed by atoms with E-state index in [1.807, 2.05) is 7.05 Å². The quantitative estimate of drug-likeness (QED) is 0.844. The van der Waals surface area contributed by atoms with Crippen LogP contribution in [-0.4, -0.2) is 26.0 Å². The third-order valence-electron chi connectivity index (χ3n) is 4.87. The van der Waals surface area contributed by atoms with Crippen LogP contribution in [0.3, 0.4) is 0 Å². The highest BCUT2D eigenvalue weighted by atomic mass is 16.2. The first-order valence-corrected chi connectivity index (χ1v) is 8.11. The second-order valence-electron chi connectivity index (χ2n) is 6.77. The maximum absolute atomic E-state index is 11.9. The normalized spacial score (nSPS) is 23.9. The van der Waals surface area contributed by atoms with Crippen molar-refractivity contribution in [1.82, 2.24) is 5.32 Å². The number of nitrogens with zero attached hydrogens (tertiary/aromatic N) is 1. The van der Waals surface area contributed by atoms with E-state index in [0.29, 0.717) is 0 Å². The Morgan fingerprint density at radius 3 is 2.43 bits per heavy atom. The molecule has 1 aromatic carbocycles. The summed E-state index contributed by atoms with van der Waals surface area (Å²) in [6.45, 7) is 2.36. The molecular weight excluding hydrogens is 262 g/mol. The summed E-state index contributed by atoms with van der Waals surface area (Å²) < 4.78 is 0. The topological polar surface area (TPSA) is 44.4 Å². The van der Waals surface area contributed by atoms with Crippen LogP contribution in [0.4, 0.5) is 11.4 Å². The fourth-order valence-corrected chi connectivity index (χ4v) is 3.24. The number of carbonyl (C=O) groups excluding carboxylic acids is 1. The first-order valence-electron chi connectivity index (χ1n) is 8.11. The van der Waals surface area contributed by atoms with Crippen LogP contribution in [0.5, 0.6) is 0 Å². The van der Waals surface area contributed by atoms with Gasteiger partial charge in [-0.05, 0) is 56.7 Å². The van der Waals surface area contributed by atoms with Crippen molar-refractivity contribution in [3.05, 3.63) is 23.8 Å². The second kappa shape index (κ2) is 5.02. The standard InChI is InChI=1S/C17H23N3O/c1-18-16-14-7-6-13(8-15(14)19-17(16)21)20(9-11-2-3-11)10-12-4-5-12/h6-8,11-12,16,18H,2-5,9-10H2,1H3,(H,19,21). The molecule has 2 fully saturated rings. The van der Waals surface area contributed by atoms with Gasteiger partial charge in [-0.15, -0.1) is 0 Å². The molecule has 1 heterocycles. The van der Waals surface area contributed by atoms with Crippen molar-refractivity contribution in [3.8, 4) is 0 Å². The van der Waals surface area contributed by atoms with Gasteiger partial charge in [-0.2, -0.15) is 0 Å². The molecular formula is C17H23N3O. The van der Waals surface area contributed by atoms with Gasteiger partial charge in [0.1, 0.15) is 6.04 Å². The molecule has 0 radical (unpaired) electrons. The number of carbonyl (C=O) groups is 1. The van der Waals surface area contributed by atoms with E-state index < -0.39 is 0 Å². The SMILES string of the molecule is CNC1C(=O)Nc2cc(N(CC3CC3)CC3CC3)ccc21. The highest BCUT2D eigenvalue weighted by Crippen LogP contribution is 2.38. The molecule has 2 aliphatic carbocycles. The zero-order valence-corrected chi connectivity index (χ0v) is 12.6. The number of hydrogen-bond donors (Lipinski definition) is 2. The lowest BCUT2D eigenvalue weighted by atomic mass is 10.1.